The minimum atomic E-state index is -0.772. The third kappa shape index (κ3) is 4.80. The number of unbranched alkanes of at least 4 members (excludes halogenated alkanes) is 1. The number of rotatable bonds is 9. The Kier molecular flexibility index (Phi) is 6.67. The predicted molar refractivity (Wildman–Crippen MR) is 124 cm³/mol. The van der Waals surface area contributed by atoms with Crippen LogP contribution in [0.2, 0.25) is 0 Å². The quantitative estimate of drug-likeness (QED) is 0.376. The van der Waals surface area contributed by atoms with E-state index in [1.54, 1.807) is 12.1 Å². The maximum absolute atomic E-state index is 13.4. The number of aromatic amines is 1. The second kappa shape index (κ2) is 9.98. The maximum atomic E-state index is 13.4. The van der Waals surface area contributed by atoms with E-state index >= 15 is 0 Å². The van der Waals surface area contributed by atoms with Crippen LogP contribution in [-0.2, 0) is 24.4 Å². The molecule has 34 heavy (non-hydrogen) atoms. The summed E-state index contributed by atoms with van der Waals surface area (Å²) < 4.78 is 6.63. The summed E-state index contributed by atoms with van der Waals surface area (Å²) in [6.07, 6.45) is 2.95. The zero-order valence-electron chi connectivity index (χ0n) is 18.5. The third-order valence-corrected chi connectivity index (χ3v) is 5.18. The summed E-state index contributed by atoms with van der Waals surface area (Å²) in [5.74, 6) is 0.149. The van der Waals surface area contributed by atoms with E-state index in [4.69, 9.17) is 10.2 Å². The van der Waals surface area contributed by atoms with Crippen LogP contribution in [0, 0.1) is 0 Å². The van der Waals surface area contributed by atoms with Crippen LogP contribution in [0.25, 0.3) is 11.4 Å². The topological polar surface area (TPSA) is 158 Å². The number of benzene rings is 1. The predicted octanol–water partition coefficient (Wildman–Crippen LogP) is 1.40. The number of carbonyl (C=O) groups excluding carboxylic acids is 1. The highest BCUT2D eigenvalue weighted by atomic mass is 16.3. The normalized spacial score (nSPS) is 11.0. The Morgan fingerprint density at radius 1 is 1.18 bits per heavy atom. The van der Waals surface area contributed by atoms with Crippen LogP contribution in [-0.4, -0.2) is 35.7 Å². The van der Waals surface area contributed by atoms with Crippen LogP contribution in [0.5, 0.6) is 0 Å². The van der Waals surface area contributed by atoms with Crippen molar-refractivity contribution in [3.8, 4) is 11.4 Å². The minimum absolute atomic E-state index is 0.0780. The largest absolute Gasteiger partial charge is 0.467 e. The van der Waals surface area contributed by atoms with Crippen molar-refractivity contribution in [1.29, 1.82) is 0 Å². The van der Waals surface area contributed by atoms with Crippen molar-refractivity contribution in [1.82, 2.24) is 29.8 Å². The molecule has 4 aromatic rings. The molecule has 0 unspecified atom stereocenters. The molecule has 0 aliphatic rings. The molecular weight excluding hydrogens is 440 g/mol. The first-order valence-corrected chi connectivity index (χ1v) is 10.8. The molecule has 1 aromatic carbocycles. The summed E-state index contributed by atoms with van der Waals surface area (Å²) in [7, 11) is 0. The zero-order chi connectivity index (χ0) is 24.1. The lowest BCUT2D eigenvalue weighted by Crippen LogP contribution is -2.42. The van der Waals surface area contributed by atoms with Crippen molar-refractivity contribution in [3.05, 3.63) is 75.3 Å². The summed E-state index contributed by atoms with van der Waals surface area (Å²) in [5.41, 5.74) is 5.44. The van der Waals surface area contributed by atoms with Gasteiger partial charge in [-0.3, -0.25) is 24.0 Å². The number of nitrogens with one attached hydrogen (secondary N) is 1. The van der Waals surface area contributed by atoms with Crippen LogP contribution in [0.15, 0.2) is 62.7 Å². The highest BCUT2D eigenvalue weighted by Crippen LogP contribution is 2.21. The van der Waals surface area contributed by atoms with Gasteiger partial charge < -0.3 is 10.2 Å². The minimum Gasteiger partial charge on any atom is -0.467 e. The average molecular weight is 464 g/mol. The van der Waals surface area contributed by atoms with Gasteiger partial charge in [-0.2, -0.15) is 4.80 Å². The Labute approximate surface area is 193 Å². The average Bonchev–Trinajstić information content (AvgIpc) is 3.51. The molecule has 3 heterocycles. The van der Waals surface area contributed by atoms with Gasteiger partial charge in [-0.15, -0.1) is 10.2 Å². The molecular formula is C22H24N8O4. The Bertz CT molecular complexity index is 1370. The number of aromatic nitrogens is 6. The third-order valence-electron chi connectivity index (χ3n) is 5.18. The van der Waals surface area contributed by atoms with Gasteiger partial charge in [0, 0.05) is 12.1 Å². The number of furan rings is 1. The van der Waals surface area contributed by atoms with Gasteiger partial charge in [-0.1, -0.05) is 43.7 Å². The molecule has 0 spiro atoms. The fourth-order valence-corrected chi connectivity index (χ4v) is 3.45. The molecule has 0 fully saturated rings. The van der Waals surface area contributed by atoms with E-state index in [2.05, 4.69) is 20.4 Å². The number of tetrazole rings is 1. The molecule has 0 saturated heterocycles. The summed E-state index contributed by atoms with van der Waals surface area (Å²) in [4.78, 5) is 43.0. The molecule has 1 amide bonds. The lowest BCUT2D eigenvalue weighted by Gasteiger charge is -2.23. The molecule has 0 aliphatic carbocycles. The summed E-state index contributed by atoms with van der Waals surface area (Å²) >= 11 is 0. The first kappa shape index (κ1) is 22.7. The number of anilines is 2. The van der Waals surface area contributed by atoms with Crippen LogP contribution < -0.4 is 21.9 Å². The monoisotopic (exact) mass is 464 g/mol. The second-order valence-corrected chi connectivity index (χ2v) is 7.57. The fourth-order valence-electron chi connectivity index (χ4n) is 3.45. The van der Waals surface area contributed by atoms with Gasteiger partial charge >= 0.3 is 5.69 Å². The molecule has 176 valence electrons. The van der Waals surface area contributed by atoms with Gasteiger partial charge in [0.2, 0.25) is 5.82 Å². The standard InChI is InChI=1S/C22H24N8O4/c1-2-3-11-28-19(23)18(21(32)24-22(28)33)29(13-16-10-7-12-34-16)17(31)14-30-26-20(25-27-30)15-8-5-4-6-9-15/h4-10,12H,2-3,11,13-14,23H2,1H3,(H,24,32,33). The van der Waals surface area contributed by atoms with Crippen molar-refractivity contribution in [2.75, 3.05) is 10.6 Å². The van der Waals surface area contributed by atoms with Gasteiger partial charge in [-0.05, 0) is 23.8 Å². The molecule has 0 atom stereocenters. The highest BCUT2D eigenvalue weighted by Gasteiger charge is 2.26. The highest BCUT2D eigenvalue weighted by molar-refractivity contribution is 5.95. The van der Waals surface area contributed by atoms with Gasteiger partial charge in [0.05, 0.1) is 12.8 Å². The van der Waals surface area contributed by atoms with Gasteiger partial charge in [-0.25, -0.2) is 4.79 Å². The number of nitrogens with two attached hydrogens (primary N) is 1. The van der Waals surface area contributed by atoms with E-state index in [1.165, 1.54) is 15.7 Å². The number of H-pyrrole nitrogens is 1. The number of hydrogen-bond acceptors (Lipinski definition) is 8. The molecule has 3 aromatic heterocycles. The molecule has 0 saturated carbocycles. The van der Waals surface area contributed by atoms with E-state index < -0.39 is 17.2 Å². The maximum Gasteiger partial charge on any atom is 0.330 e. The summed E-state index contributed by atoms with van der Waals surface area (Å²) in [6, 6.07) is 12.5. The Morgan fingerprint density at radius 2 is 1.97 bits per heavy atom. The zero-order valence-corrected chi connectivity index (χ0v) is 18.5. The number of amides is 1. The number of hydrogen-bond donors (Lipinski definition) is 2. The molecule has 3 N–H and O–H groups in total. The number of nitrogens with zero attached hydrogens (tertiary/aromatic N) is 6. The van der Waals surface area contributed by atoms with Crippen molar-refractivity contribution < 1.29 is 9.21 Å². The Morgan fingerprint density at radius 3 is 2.68 bits per heavy atom. The van der Waals surface area contributed by atoms with Crippen molar-refractivity contribution in [3.63, 3.8) is 0 Å². The van der Waals surface area contributed by atoms with E-state index in [-0.39, 0.29) is 24.6 Å². The van der Waals surface area contributed by atoms with E-state index in [0.29, 0.717) is 24.6 Å². The summed E-state index contributed by atoms with van der Waals surface area (Å²) in [5, 5.41) is 12.2. The molecule has 4 rings (SSSR count). The first-order valence-electron chi connectivity index (χ1n) is 10.8. The smallest absolute Gasteiger partial charge is 0.330 e. The van der Waals surface area contributed by atoms with Crippen LogP contribution in [0.1, 0.15) is 25.5 Å². The molecule has 12 heteroatoms. The van der Waals surface area contributed by atoms with Gasteiger partial charge in [0.1, 0.15) is 18.1 Å². The lowest BCUT2D eigenvalue weighted by molar-refractivity contribution is -0.119. The molecule has 12 nitrogen and oxygen atoms in total. The van der Waals surface area contributed by atoms with E-state index in [0.717, 1.165) is 16.8 Å². The fraction of sp³-hybridized carbons (Fsp3) is 0.273. The number of carbonyl (C=O) groups is 1. The van der Waals surface area contributed by atoms with Crippen molar-refractivity contribution in [2.45, 2.75) is 39.4 Å². The van der Waals surface area contributed by atoms with Crippen molar-refractivity contribution >= 4 is 17.4 Å². The van der Waals surface area contributed by atoms with Gasteiger partial charge in [0.25, 0.3) is 11.5 Å². The van der Waals surface area contributed by atoms with Gasteiger partial charge in [0.15, 0.2) is 5.69 Å². The molecule has 0 bridgehead atoms. The lowest BCUT2D eigenvalue weighted by atomic mass is 10.2. The van der Waals surface area contributed by atoms with Crippen LogP contribution >= 0.6 is 0 Å². The molecule has 0 aliphatic heterocycles. The van der Waals surface area contributed by atoms with Crippen LogP contribution in [0.4, 0.5) is 11.5 Å². The number of nitrogen functional groups attached to an aromatic ring is 1. The summed E-state index contributed by atoms with van der Waals surface area (Å²) in [6.45, 7) is 1.88. The van der Waals surface area contributed by atoms with Crippen LogP contribution in [0.3, 0.4) is 0 Å². The van der Waals surface area contributed by atoms with Crippen molar-refractivity contribution in [2.24, 2.45) is 0 Å². The first-order chi connectivity index (χ1) is 16.5. The van der Waals surface area contributed by atoms with E-state index in [9.17, 15) is 14.4 Å². The Hall–Kier alpha value is -4.48. The SMILES string of the molecule is CCCCn1c(N)c(N(Cc2ccco2)C(=O)Cn2nnc(-c3ccccc3)n2)c(=O)[nH]c1=O. The van der Waals surface area contributed by atoms with E-state index in [1.807, 2.05) is 37.3 Å². The Balaban J connectivity index is 1.69. The second-order valence-electron chi connectivity index (χ2n) is 7.57. The molecule has 0 radical (unpaired) electrons.